The Kier molecular flexibility index (Phi) is 6.89. The van der Waals surface area contributed by atoms with Crippen LogP contribution in [-0.4, -0.2) is 54.9 Å². The van der Waals surface area contributed by atoms with Crippen molar-refractivity contribution in [2.45, 2.75) is 42.5 Å². The van der Waals surface area contributed by atoms with Gasteiger partial charge in [0, 0.05) is 36.1 Å². The Labute approximate surface area is 157 Å². The number of morpholine rings is 1. The fraction of sp³-hybridized carbons (Fsp3) is 0.632. The normalized spacial score (nSPS) is 20.7. The Hall–Kier alpha value is -1.18. The molecule has 1 aliphatic carbocycles. The molecule has 4 nitrogen and oxygen atoms in total. The highest BCUT2D eigenvalue weighted by atomic mass is 32.2. The van der Waals surface area contributed by atoms with E-state index in [2.05, 4.69) is 10.2 Å². The van der Waals surface area contributed by atoms with Crippen LogP contribution in [0.4, 0.5) is 8.78 Å². The van der Waals surface area contributed by atoms with Crippen molar-refractivity contribution in [3.8, 4) is 0 Å². The van der Waals surface area contributed by atoms with Gasteiger partial charge in [-0.1, -0.05) is 19.3 Å². The van der Waals surface area contributed by atoms with Crippen LogP contribution >= 0.6 is 11.8 Å². The second kappa shape index (κ2) is 9.15. The highest BCUT2D eigenvalue weighted by Crippen LogP contribution is 2.34. The number of carbonyl (C=O) groups excluding carboxylic acids is 1. The first-order chi connectivity index (χ1) is 12.6. The zero-order valence-electron chi connectivity index (χ0n) is 14.9. The van der Waals surface area contributed by atoms with Gasteiger partial charge >= 0.3 is 0 Å². The zero-order chi connectivity index (χ0) is 18.4. The predicted octanol–water partition coefficient (Wildman–Crippen LogP) is 3.21. The van der Waals surface area contributed by atoms with Crippen LogP contribution in [0.5, 0.6) is 0 Å². The lowest BCUT2D eigenvalue weighted by molar-refractivity contribution is -0.119. The molecule has 3 rings (SSSR count). The Morgan fingerprint density at radius 1 is 1.19 bits per heavy atom. The summed E-state index contributed by atoms with van der Waals surface area (Å²) in [6.07, 6.45) is 5.80. The number of nitrogens with zero attached hydrogens (tertiary/aromatic N) is 1. The van der Waals surface area contributed by atoms with E-state index in [9.17, 15) is 13.6 Å². The number of thioether (sulfide) groups is 1. The van der Waals surface area contributed by atoms with Crippen LogP contribution in [0.25, 0.3) is 0 Å². The molecule has 0 radical (unpaired) electrons. The van der Waals surface area contributed by atoms with Gasteiger partial charge in [0.15, 0.2) is 0 Å². The first-order valence-corrected chi connectivity index (χ1v) is 10.2. The van der Waals surface area contributed by atoms with E-state index in [4.69, 9.17) is 4.74 Å². The van der Waals surface area contributed by atoms with Crippen molar-refractivity contribution in [1.29, 1.82) is 0 Å². The van der Waals surface area contributed by atoms with E-state index in [0.29, 0.717) is 11.4 Å². The number of halogens is 2. The summed E-state index contributed by atoms with van der Waals surface area (Å²) in [5.74, 6) is -1.22. The number of rotatable bonds is 6. The molecule has 2 fully saturated rings. The molecule has 1 aromatic rings. The highest BCUT2D eigenvalue weighted by molar-refractivity contribution is 8.00. The molecule has 1 saturated heterocycles. The fourth-order valence-corrected chi connectivity index (χ4v) is 4.65. The molecule has 0 spiro atoms. The van der Waals surface area contributed by atoms with Crippen LogP contribution in [0.15, 0.2) is 23.1 Å². The Morgan fingerprint density at radius 2 is 1.92 bits per heavy atom. The summed E-state index contributed by atoms with van der Waals surface area (Å²) in [7, 11) is 0. The SMILES string of the molecule is O=C(CSc1ccc(F)cc1F)NCC1(N2CCOCC2)CCCCC1. The van der Waals surface area contributed by atoms with E-state index in [0.717, 1.165) is 57.0 Å². The van der Waals surface area contributed by atoms with Gasteiger partial charge in [-0.25, -0.2) is 8.78 Å². The summed E-state index contributed by atoms with van der Waals surface area (Å²) >= 11 is 1.10. The van der Waals surface area contributed by atoms with Crippen molar-refractivity contribution < 1.29 is 18.3 Å². The smallest absolute Gasteiger partial charge is 0.230 e. The second-order valence-electron chi connectivity index (χ2n) is 7.02. The van der Waals surface area contributed by atoms with Gasteiger partial charge in [-0.3, -0.25) is 9.69 Å². The maximum absolute atomic E-state index is 13.7. The van der Waals surface area contributed by atoms with Gasteiger partial charge in [0.25, 0.3) is 0 Å². The molecule has 1 saturated carbocycles. The molecule has 0 bridgehead atoms. The van der Waals surface area contributed by atoms with E-state index in [-0.39, 0.29) is 17.2 Å². The van der Waals surface area contributed by atoms with E-state index in [1.807, 2.05) is 0 Å². The first-order valence-electron chi connectivity index (χ1n) is 9.26. The standard InChI is InChI=1S/C19H26F2N2O2S/c20-15-4-5-17(16(21)12-15)26-13-18(24)22-14-19(6-2-1-3-7-19)23-8-10-25-11-9-23/h4-5,12H,1-3,6-11,13-14H2,(H,22,24). The van der Waals surface area contributed by atoms with E-state index >= 15 is 0 Å². The average Bonchev–Trinajstić information content (AvgIpc) is 2.67. The molecule has 1 N–H and O–H groups in total. The van der Waals surface area contributed by atoms with E-state index < -0.39 is 11.6 Å². The molecule has 0 atom stereocenters. The monoisotopic (exact) mass is 384 g/mol. The number of carbonyl (C=O) groups is 1. The molecule has 1 amide bonds. The number of hydrogen-bond acceptors (Lipinski definition) is 4. The van der Waals surface area contributed by atoms with Crippen LogP contribution < -0.4 is 5.32 Å². The molecule has 0 unspecified atom stereocenters. The lowest BCUT2D eigenvalue weighted by atomic mass is 9.79. The Morgan fingerprint density at radius 3 is 2.62 bits per heavy atom. The van der Waals surface area contributed by atoms with E-state index in [1.165, 1.54) is 31.4 Å². The molecule has 0 aromatic heterocycles. The topological polar surface area (TPSA) is 41.6 Å². The second-order valence-corrected chi connectivity index (χ2v) is 8.04. The molecule has 7 heteroatoms. The van der Waals surface area contributed by atoms with Crippen LogP contribution in [0.3, 0.4) is 0 Å². The van der Waals surface area contributed by atoms with Gasteiger partial charge in [0.05, 0.1) is 19.0 Å². The average molecular weight is 384 g/mol. The van der Waals surface area contributed by atoms with Gasteiger partial charge in [-0.05, 0) is 25.0 Å². The summed E-state index contributed by atoms with van der Waals surface area (Å²) in [5.41, 5.74) is 0.0173. The number of amides is 1. The molecule has 26 heavy (non-hydrogen) atoms. The summed E-state index contributed by atoms with van der Waals surface area (Å²) in [6, 6.07) is 3.42. The summed E-state index contributed by atoms with van der Waals surface area (Å²) in [6.45, 7) is 3.93. The maximum atomic E-state index is 13.7. The number of benzene rings is 1. The maximum Gasteiger partial charge on any atom is 0.230 e. The van der Waals surface area contributed by atoms with Crippen molar-refractivity contribution >= 4 is 17.7 Å². The first kappa shape index (κ1) is 19.6. The lowest BCUT2D eigenvalue weighted by Gasteiger charge is -2.48. The summed E-state index contributed by atoms with van der Waals surface area (Å²) in [4.78, 5) is 15.1. The molecule has 1 heterocycles. The van der Waals surface area contributed by atoms with Gasteiger partial charge < -0.3 is 10.1 Å². The fourth-order valence-electron chi connectivity index (χ4n) is 3.90. The van der Waals surface area contributed by atoms with Crippen molar-refractivity contribution in [3.63, 3.8) is 0 Å². The molecular formula is C19H26F2N2O2S. The van der Waals surface area contributed by atoms with Crippen molar-refractivity contribution in [2.75, 3.05) is 38.6 Å². The lowest BCUT2D eigenvalue weighted by Crippen LogP contribution is -2.59. The number of ether oxygens (including phenoxy) is 1. The third kappa shape index (κ3) is 4.96. The van der Waals surface area contributed by atoms with Gasteiger partial charge in [-0.2, -0.15) is 0 Å². The third-order valence-electron chi connectivity index (χ3n) is 5.33. The van der Waals surface area contributed by atoms with Gasteiger partial charge in [-0.15, -0.1) is 11.8 Å². The molecular weight excluding hydrogens is 358 g/mol. The van der Waals surface area contributed by atoms with Crippen molar-refractivity contribution in [2.24, 2.45) is 0 Å². The Balaban J connectivity index is 1.53. The van der Waals surface area contributed by atoms with Crippen LogP contribution in [-0.2, 0) is 9.53 Å². The molecule has 144 valence electrons. The van der Waals surface area contributed by atoms with Crippen molar-refractivity contribution in [3.05, 3.63) is 29.8 Å². The molecule has 1 aromatic carbocycles. The van der Waals surface area contributed by atoms with Crippen LogP contribution in [0, 0.1) is 11.6 Å². The summed E-state index contributed by atoms with van der Waals surface area (Å²) in [5, 5.41) is 3.05. The van der Waals surface area contributed by atoms with E-state index in [1.54, 1.807) is 0 Å². The molecule has 2 aliphatic rings. The van der Waals surface area contributed by atoms with Crippen LogP contribution in [0.2, 0.25) is 0 Å². The number of nitrogens with one attached hydrogen (secondary N) is 1. The highest BCUT2D eigenvalue weighted by Gasteiger charge is 2.38. The Bertz CT molecular complexity index is 618. The number of hydrogen-bond donors (Lipinski definition) is 1. The van der Waals surface area contributed by atoms with Gasteiger partial charge in [0.1, 0.15) is 11.6 Å². The quantitative estimate of drug-likeness (QED) is 0.765. The zero-order valence-corrected chi connectivity index (χ0v) is 15.8. The van der Waals surface area contributed by atoms with Crippen LogP contribution in [0.1, 0.15) is 32.1 Å². The minimum absolute atomic E-state index is 0.0173. The van der Waals surface area contributed by atoms with Crippen molar-refractivity contribution in [1.82, 2.24) is 10.2 Å². The summed E-state index contributed by atoms with van der Waals surface area (Å²) < 4.78 is 32.1. The minimum Gasteiger partial charge on any atom is -0.379 e. The minimum atomic E-state index is -0.625. The largest absolute Gasteiger partial charge is 0.379 e. The predicted molar refractivity (Wildman–Crippen MR) is 98.3 cm³/mol. The molecule has 1 aliphatic heterocycles. The van der Waals surface area contributed by atoms with Gasteiger partial charge in [0.2, 0.25) is 5.91 Å². The third-order valence-corrected chi connectivity index (χ3v) is 6.38.